The second-order valence-electron chi connectivity index (χ2n) is 9.75. The van der Waals surface area contributed by atoms with E-state index >= 15 is 0 Å². The third kappa shape index (κ3) is 4.92. The molecule has 2 aliphatic heterocycles. The minimum atomic E-state index is -0.0959. The monoisotopic (exact) mass is 489 g/mol. The summed E-state index contributed by atoms with van der Waals surface area (Å²) in [6.07, 6.45) is 7.28. The Morgan fingerprint density at radius 1 is 1.06 bits per heavy atom. The maximum absolute atomic E-state index is 12.8. The van der Waals surface area contributed by atoms with Crippen LogP contribution in [-0.4, -0.2) is 40.8 Å². The molecule has 1 aromatic carbocycles. The van der Waals surface area contributed by atoms with E-state index in [1.54, 1.807) is 23.0 Å². The number of aryl methyl sites for hydroxylation is 1. The van der Waals surface area contributed by atoms with Crippen molar-refractivity contribution in [1.82, 2.24) is 14.5 Å². The normalized spacial score (nSPS) is 21.5. The highest BCUT2D eigenvalue weighted by atomic mass is 35.5. The van der Waals surface area contributed by atoms with E-state index < -0.39 is 0 Å². The lowest BCUT2D eigenvalue weighted by Crippen LogP contribution is -2.22. The number of ether oxygens (including phenoxy) is 2. The van der Waals surface area contributed by atoms with Gasteiger partial charge in [0.1, 0.15) is 12.4 Å². The van der Waals surface area contributed by atoms with Gasteiger partial charge in [0.2, 0.25) is 0 Å². The molecule has 0 saturated carbocycles. The van der Waals surface area contributed by atoms with Gasteiger partial charge in [-0.3, -0.25) is 19.2 Å². The number of pyridine rings is 2. The lowest BCUT2D eigenvalue weighted by molar-refractivity contribution is 0.153. The van der Waals surface area contributed by atoms with Gasteiger partial charge < -0.3 is 9.47 Å². The number of fused-ring (bicyclic) bond motifs is 2. The number of hydrogen-bond donors (Lipinski definition) is 0. The summed E-state index contributed by atoms with van der Waals surface area (Å²) in [6, 6.07) is 13.7. The van der Waals surface area contributed by atoms with Crippen LogP contribution >= 0.6 is 11.6 Å². The van der Waals surface area contributed by atoms with E-state index in [2.05, 4.69) is 34.2 Å². The predicted octanol–water partition coefficient (Wildman–Crippen LogP) is 4.50. The Bertz CT molecular complexity index is 1310. The van der Waals surface area contributed by atoms with Crippen LogP contribution in [0.3, 0.4) is 0 Å². The number of aromatic nitrogens is 2. The van der Waals surface area contributed by atoms with Crippen molar-refractivity contribution < 1.29 is 9.47 Å². The fourth-order valence-corrected chi connectivity index (χ4v) is 5.54. The van der Waals surface area contributed by atoms with Crippen LogP contribution in [0.4, 0.5) is 0 Å². The molecule has 4 heterocycles. The standard InChI is InChI=1S/C28H28ClN3O3/c29-24-4-5-25(30-12-24)18-35-27-7-8-32(28(33)11-27)26-6-3-20-9-19(1-2-21(20)10-26)13-31-14-22-16-34-17-23(22)15-31/h1-2,4-5,7-12,22-23H,3,6,13-18H2/t22-,23+. The smallest absolute Gasteiger partial charge is 0.258 e. The molecular weight excluding hydrogens is 462 g/mol. The summed E-state index contributed by atoms with van der Waals surface area (Å²) >= 11 is 5.87. The third-order valence-corrected chi connectivity index (χ3v) is 7.50. The molecule has 0 bridgehead atoms. The van der Waals surface area contributed by atoms with Crippen LogP contribution in [0.15, 0.2) is 59.7 Å². The first-order valence-corrected chi connectivity index (χ1v) is 12.6. The molecule has 3 aliphatic rings. The number of nitrogens with zero attached hydrogens (tertiary/aromatic N) is 3. The second-order valence-corrected chi connectivity index (χ2v) is 10.2. The van der Waals surface area contributed by atoms with E-state index in [9.17, 15) is 4.79 Å². The molecule has 0 unspecified atom stereocenters. The van der Waals surface area contributed by atoms with E-state index in [1.807, 2.05) is 12.1 Å². The molecule has 7 heteroatoms. The van der Waals surface area contributed by atoms with Crippen LogP contribution in [-0.2, 0) is 24.3 Å². The van der Waals surface area contributed by atoms with E-state index in [-0.39, 0.29) is 12.2 Å². The molecule has 0 radical (unpaired) electrons. The fourth-order valence-electron chi connectivity index (χ4n) is 5.43. The Labute approximate surface area is 209 Å². The van der Waals surface area contributed by atoms with Crippen LogP contribution in [0.1, 0.15) is 28.8 Å². The zero-order valence-corrected chi connectivity index (χ0v) is 20.3. The molecule has 2 saturated heterocycles. The summed E-state index contributed by atoms with van der Waals surface area (Å²) in [5.74, 6) is 1.95. The fraction of sp³-hybridized carbons (Fsp3) is 0.357. The van der Waals surface area contributed by atoms with Gasteiger partial charge in [0.05, 0.1) is 23.9 Å². The number of likely N-dealkylation sites (tertiary alicyclic amines) is 1. The van der Waals surface area contributed by atoms with Crippen LogP contribution in [0.5, 0.6) is 5.75 Å². The molecule has 180 valence electrons. The van der Waals surface area contributed by atoms with Gasteiger partial charge in [-0.1, -0.05) is 29.8 Å². The topological polar surface area (TPSA) is 56.6 Å². The Morgan fingerprint density at radius 3 is 2.69 bits per heavy atom. The van der Waals surface area contributed by atoms with Gasteiger partial charge in [0.25, 0.3) is 5.56 Å². The zero-order chi connectivity index (χ0) is 23.8. The van der Waals surface area contributed by atoms with Crippen molar-refractivity contribution in [2.45, 2.75) is 26.0 Å². The molecule has 2 aromatic heterocycles. The van der Waals surface area contributed by atoms with Crippen LogP contribution in [0, 0.1) is 11.8 Å². The Balaban J connectivity index is 1.13. The van der Waals surface area contributed by atoms with Crippen molar-refractivity contribution in [2.24, 2.45) is 11.8 Å². The molecule has 2 atom stereocenters. The van der Waals surface area contributed by atoms with Crippen LogP contribution < -0.4 is 10.3 Å². The minimum Gasteiger partial charge on any atom is -0.487 e. The maximum atomic E-state index is 12.8. The summed E-state index contributed by atoms with van der Waals surface area (Å²) in [7, 11) is 0. The molecular formula is C28H28ClN3O3. The number of allylic oxidation sites excluding steroid dienone is 1. The van der Waals surface area contributed by atoms with Gasteiger partial charge in [0.15, 0.2) is 0 Å². The van der Waals surface area contributed by atoms with Crippen molar-refractivity contribution in [3.63, 3.8) is 0 Å². The van der Waals surface area contributed by atoms with E-state index in [0.717, 1.165) is 57.1 Å². The van der Waals surface area contributed by atoms with Gasteiger partial charge in [-0.25, -0.2) is 0 Å². The van der Waals surface area contributed by atoms with Crippen molar-refractivity contribution >= 4 is 23.4 Å². The van der Waals surface area contributed by atoms with Gasteiger partial charge in [0, 0.05) is 55.6 Å². The Kier molecular flexibility index (Phi) is 6.19. The number of benzene rings is 1. The van der Waals surface area contributed by atoms with Crippen molar-refractivity contribution in [2.75, 3.05) is 26.3 Å². The third-order valence-electron chi connectivity index (χ3n) is 7.28. The molecule has 0 amide bonds. The predicted molar refractivity (Wildman–Crippen MR) is 136 cm³/mol. The molecule has 0 N–H and O–H groups in total. The van der Waals surface area contributed by atoms with Gasteiger partial charge >= 0.3 is 0 Å². The maximum Gasteiger partial charge on any atom is 0.258 e. The Morgan fingerprint density at radius 2 is 1.91 bits per heavy atom. The lowest BCUT2D eigenvalue weighted by Gasteiger charge is -2.21. The first-order chi connectivity index (χ1) is 17.1. The SMILES string of the molecule is O=c1cc(OCc2ccc(Cl)cn2)ccn1C1=Cc2ccc(CN3C[C@H]4COC[C@H]4C3)cc2CC1. The highest BCUT2D eigenvalue weighted by Crippen LogP contribution is 2.31. The molecule has 3 aromatic rings. The molecule has 35 heavy (non-hydrogen) atoms. The largest absolute Gasteiger partial charge is 0.487 e. The highest BCUT2D eigenvalue weighted by molar-refractivity contribution is 6.30. The number of rotatable bonds is 6. The first kappa shape index (κ1) is 22.5. The average Bonchev–Trinajstić information content (AvgIpc) is 3.45. The zero-order valence-electron chi connectivity index (χ0n) is 19.5. The van der Waals surface area contributed by atoms with Gasteiger partial charge in [-0.05, 0) is 53.8 Å². The Hall–Kier alpha value is -2.93. The molecule has 0 spiro atoms. The van der Waals surface area contributed by atoms with Crippen molar-refractivity contribution in [3.05, 3.63) is 92.6 Å². The van der Waals surface area contributed by atoms with Crippen molar-refractivity contribution in [1.29, 1.82) is 0 Å². The van der Waals surface area contributed by atoms with Gasteiger partial charge in [-0.15, -0.1) is 0 Å². The van der Waals surface area contributed by atoms with E-state index in [1.165, 1.54) is 22.8 Å². The first-order valence-electron chi connectivity index (χ1n) is 12.2. The van der Waals surface area contributed by atoms with Crippen LogP contribution in [0.2, 0.25) is 5.02 Å². The summed E-state index contributed by atoms with van der Waals surface area (Å²) in [5.41, 5.74) is 5.59. The summed E-state index contributed by atoms with van der Waals surface area (Å²) < 4.78 is 13.1. The lowest BCUT2D eigenvalue weighted by atomic mass is 9.93. The van der Waals surface area contributed by atoms with Gasteiger partial charge in [-0.2, -0.15) is 0 Å². The number of hydrogen-bond acceptors (Lipinski definition) is 5. The molecule has 6 nitrogen and oxygen atoms in total. The quantitative estimate of drug-likeness (QED) is 0.510. The molecule has 2 fully saturated rings. The summed E-state index contributed by atoms with van der Waals surface area (Å²) in [6.45, 7) is 5.42. The van der Waals surface area contributed by atoms with E-state index in [0.29, 0.717) is 22.6 Å². The molecule has 1 aliphatic carbocycles. The summed E-state index contributed by atoms with van der Waals surface area (Å²) in [4.78, 5) is 19.6. The average molecular weight is 490 g/mol. The second kappa shape index (κ2) is 9.61. The number of halogens is 1. The molecule has 6 rings (SSSR count). The van der Waals surface area contributed by atoms with E-state index in [4.69, 9.17) is 21.1 Å². The van der Waals surface area contributed by atoms with Crippen LogP contribution in [0.25, 0.3) is 11.8 Å². The van der Waals surface area contributed by atoms with Crippen molar-refractivity contribution in [3.8, 4) is 5.75 Å². The summed E-state index contributed by atoms with van der Waals surface area (Å²) in [5, 5.41) is 0.583. The minimum absolute atomic E-state index is 0.0959. The highest BCUT2D eigenvalue weighted by Gasteiger charge is 2.36.